The van der Waals surface area contributed by atoms with Gasteiger partial charge >= 0.3 is 0 Å². The third-order valence-electron chi connectivity index (χ3n) is 4.75. The van der Waals surface area contributed by atoms with Gasteiger partial charge in [-0.1, -0.05) is 12.1 Å². The first kappa shape index (κ1) is 17.2. The normalized spacial score (nSPS) is 14.8. The highest BCUT2D eigenvalue weighted by atomic mass is 16.5. The van der Waals surface area contributed by atoms with E-state index in [2.05, 4.69) is 25.9 Å². The molecule has 3 heterocycles. The monoisotopic (exact) mass is 361 g/mol. The van der Waals surface area contributed by atoms with Gasteiger partial charge in [0.2, 0.25) is 0 Å². The molecule has 4 rings (SSSR count). The predicted octanol–water partition coefficient (Wildman–Crippen LogP) is 3.10. The molecule has 0 saturated carbocycles. The number of ether oxygens (including phenoxy) is 1. The summed E-state index contributed by atoms with van der Waals surface area (Å²) in [6, 6.07) is 11.4. The quantitative estimate of drug-likeness (QED) is 0.771. The molecule has 0 spiro atoms. The van der Waals surface area contributed by atoms with Crippen molar-refractivity contribution < 1.29 is 9.53 Å². The summed E-state index contributed by atoms with van der Waals surface area (Å²) < 4.78 is 7.49. The summed E-state index contributed by atoms with van der Waals surface area (Å²) in [5, 5.41) is 11.6. The Morgan fingerprint density at radius 3 is 2.78 bits per heavy atom. The van der Waals surface area contributed by atoms with Crippen molar-refractivity contribution in [3.05, 3.63) is 54.0 Å². The summed E-state index contributed by atoms with van der Waals surface area (Å²) in [6.07, 6.45) is 5.61. The number of imidazole rings is 1. The van der Waals surface area contributed by atoms with Crippen LogP contribution < -0.4 is 5.32 Å². The summed E-state index contributed by atoms with van der Waals surface area (Å²) in [5.74, 6) is -0.238. The van der Waals surface area contributed by atoms with Crippen LogP contribution in [0.3, 0.4) is 0 Å². The van der Waals surface area contributed by atoms with Crippen LogP contribution in [0.4, 0.5) is 5.69 Å². The largest absolute Gasteiger partial charge is 0.381 e. The maximum absolute atomic E-state index is 12.5. The molecule has 0 unspecified atom stereocenters. The number of carbonyl (C=O) groups excluding carboxylic acids is 1. The minimum atomic E-state index is -0.238. The van der Waals surface area contributed by atoms with Gasteiger partial charge in [-0.3, -0.25) is 4.79 Å². The Morgan fingerprint density at radius 2 is 2.04 bits per heavy atom. The molecule has 3 aromatic rings. The maximum Gasteiger partial charge on any atom is 0.257 e. The van der Waals surface area contributed by atoms with Gasteiger partial charge in [0.05, 0.1) is 24.4 Å². The first-order valence-corrected chi connectivity index (χ1v) is 8.92. The molecule has 1 N–H and O–H groups in total. The standard InChI is InChI=1S/C20H19N5O2/c21-8-5-14-1-3-16(4-2-14)24-20(26)15-11-18-19(22-12-15)25(13-23-18)17-6-9-27-10-7-17/h1-4,11-13,17H,5-7,9-10H2,(H,24,26). The van der Waals surface area contributed by atoms with E-state index in [4.69, 9.17) is 10.00 Å². The molecule has 136 valence electrons. The number of hydrogen-bond donors (Lipinski definition) is 1. The SMILES string of the molecule is N#CCc1ccc(NC(=O)c2cnc3c(c2)ncn3C2CCOCC2)cc1. The van der Waals surface area contributed by atoms with Crippen molar-refractivity contribution in [1.82, 2.24) is 14.5 Å². The maximum atomic E-state index is 12.5. The highest BCUT2D eigenvalue weighted by Gasteiger charge is 2.19. The molecule has 27 heavy (non-hydrogen) atoms. The molecule has 0 radical (unpaired) electrons. The van der Waals surface area contributed by atoms with Crippen LogP contribution in [-0.4, -0.2) is 33.7 Å². The lowest BCUT2D eigenvalue weighted by Gasteiger charge is -2.23. The van der Waals surface area contributed by atoms with Crippen molar-refractivity contribution in [3.63, 3.8) is 0 Å². The number of nitriles is 1. The van der Waals surface area contributed by atoms with Gasteiger partial charge < -0.3 is 14.6 Å². The van der Waals surface area contributed by atoms with Gasteiger partial charge in [0.1, 0.15) is 5.52 Å². The summed E-state index contributed by atoms with van der Waals surface area (Å²) in [6.45, 7) is 1.50. The van der Waals surface area contributed by atoms with Crippen LogP contribution in [0, 0.1) is 11.3 Å². The number of amides is 1. The number of nitrogens with zero attached hydrogens (tertiary/aromatic N) is 4. The number of pyridine rings is 1. The molecule has 2 aromatic heterocycles. The zero-order valence-corrected chi connectivity index (χ0v) is 14.8. The lowest BCUT2D eigenvalue weighted by atomic mass is 10.1. The van der Waals surface area contributed by atoms with E-state index in [1.54, 1.807) is 30.7 Å². The fourth-order valence-corrected chi connectivity index (χ4v) is 3.27. The molecule has 0 aliphatic carbocycles. The van der Waals surface area contributed by atoms with Gasteiger partial charge in [-0.15, -0.1) is 0 Å². The van der Waals surface area contributed by atoms with Crippen LogP contribution >= 0.6 is 0 Å². The van der Waals surface area contributed by atoms with E-state index in [0.717, 1.165) is 37.3 Å². The van der Waals surface area contributed by atoms with E-state index in [1.807, 2.05) is 12.1 Å². The Labute approximate surface area is 156 Å². The molecule has 7 heteroatoms. The minimum absolute atomic E-state index is 0.238. The van der Waals surface area contributed by atoms with Gasteiger partial charge in [0.25, 0.3) is 5.91 Å². The lowest BCUT2D eigenvalue weighted by molar-refractivity contribution is 0.0704. The molecule has 1 fully saturated rings. The summed E-state index contributed by atoms with van der Waals surface area (Å²) in [7, 11) is 0. The van der Waals surface area contributed by atoms with Crippen molar-refractivity contribution in [2.45, 2.75) is 25.3 Å². The van der Waals surface area contributed by atoms with Crippen LogP contribution in [0.15, 0.2) is 42.9 Å². The van der Waals surface area contributed by atoms with Gasteiger partial charge in [-0.25, -0.2) is 9.97 Å². The van der Waals surface area contributed by atoms with E-state index in [0.29, 0.717) is 29.2 Å². The number of rotatable bonds is 4. The smallest absolute Gasteiger partial charge is 0.257 e. The molecule has 0 atom stereocenters. The fourth-order valence-electron chi connectivity index (χ4n) is 3.27. The minimum Gasteiger partial charge on any atom is -0.381 e. The second-order valence-electron chi connectivity index (χ2n) is 6.55. The van der Waals surface area contributed by atoms with Crippen molar-refractivity contribution in [2.24, 2.45) is 0 Å². The fraction of sp³-hybridized carbons (Fsp3) is 0.300. The number of nitrogens with one attached hydrogen (secondary N) is 1. The molecule has 7 nitrogen and oxygen atoms in total. The zero-order chi connectivity index (χ0) is 18.6. The lowest BCUT2D eigenvalue weighted by Crippen LogP contribution is -2.19. The number of aromatic nitrogens is 3. The number of fused-ring (bicyclic) bond motifs is 1. The third kappa shape index (κ3) is 3.66. The highest BCUT2D eigenvalue weighted by molar-refractivity contribution is 6.05. The van der Waals surface area contributed by atoms with Gasteiger partial charge in [0, 0.05) is 31.1 Å². The van der Waals surface area contributed by atoms with Crippen LogP contribution in [-0.2, 0) is 11.2 Å². The van der Waals surface area contributed by atoms with Crippen molar-refractivity contribution in [3.8, 4) is 6.07 Å². The number of anilines is 1. The topological polar surface area (TPSA) is 92.8 Å². The van der Waals surface area contributed by atoms with Gasteiger partial charge in [-0.2, -0.15) is 5.26 Å². The second kappa shape index (κ2) is 7.56. The van der Waals surface area contributed by atoms with E-state index in [9.17, 15) is 4.79 Å². The molecular formula is C20H19N5O2. The molecule has 1 aliphatic rings. The Kier molecular flexibility index (Phi) is 4.81. The van der Waals surface area contributed by atoms with Gasteiger partial charge in [0.15, 0.2) is 5.65 Å². The van der Waals surface area contributed by atoms with Crippen LogP contribution in [0.5, 0.6) is 0 Å². The van der Waals surface area contributed by atoms with Crippen molar-refractivity contribution >= 4 is 22.8 Å². The highest BCUT2D eigenvalue weighted by Crippen LogP contribution is 2.25. The Morgan fingerprint density at radius 1 is 1.26 bits per heavy atom. The van der Waals surface area contributed by atoms with Crippen LogP contribution in [0.1, 0.15) is 34.8 Å². The number of carbonyl (C=O) groups is 1. The van der Waals surface area contributed by atoms with Crippen LogP contribution in [0.2, 0.25) is 0 Å². The molecule has 1 aromatic carbocycles. The van der Waals surface area contributed by atoms with Gasteiger partial charge in [-0.05, 0) is 36.6 Å². The summed E-state index contributed by atoms with van der Waals surface area (Å²) >= 11 is 0. The molecule has 1 saturated heterocycles. The second-order valence-corrected chi connectivity index (χ2v) is 6.55. The average molecular weight is 361 g/mol. The van der Waals surface area contributed by atoms with E-state index >= 15 is 0 Å². The first-order chi connectivity index (χ1) is 13.2. The number of hydrogen-bond acceptors (Lipinski definition) is 5. The van der Waals surface area contributed by atoms with Crippen molar-refractivity contribution in [2.75, 3.05) is 18.5 Å². The van der Waals surface area contributed by atoms with E-state index < -0.39 is 0 Å². The van der Waals surface area contributed by atoms with Crippen molar-refractivity contribution in [1.29, 1.82) is 5.26 Å². The molecule has 0 bridgehead atoms. The Balaban J connectivity index is 1.51. The first-order valence-electron chi connectivity index (χ1n) is 8.92. The zero-order valence-electron chi connectivity index (χ0n) is 14.8. The van der Waals surface area contributed by atoms with E-state index in [-0.39, 0.29) is 5.91 Å². The predicted molar refractivity (Wildman–Crippen MR) is 100 cm³/mol. The average Bonchev–Trinajstić information content (AvgIpc) is 3.13. The Hall–Kier alpha value is -3.24. The summed E-state index contributed by atoms with van der Waals surface area (Å²) in [5.41, 5.74) is 3.55. The molecule has 1 aliphatic heterocycles. The number of benzene rings is 1. The summed E-state index contributed by atoms with van der Waals surface area (Å²) in [4.78, 5) is 21.4. The third-order valence-corrected chi connectivity index (χ3v) is 4.75. The van der Waals surface area contributed by atoms with Crippen LogP contribution in [0.25, 0.3) is 11.2 Å². The molecule has 1 amide bonds. The Bertz CT molecular complexity index is 997. The van der Waals surface area contributed by atoms with E-state index in [1.165, 1.54) is 0 Å². The molecular weight excluding hydrogens is 342 g/mol.